The van der Waals surface area contributed by atoms with E-state index in [-0.39, 0.29) is 17.1 Å². The van der Waals surface area contributed by atoms with Gasteiger partial charge in [-0.15, -0.1) is 0 Å². The Morgan fingerprint density at radius 2 is 1.92 bits per heavy atom. The molecule has 0 saturated heterocycles. The predicted octanol–water partition coefficient (Wildman–Crippen LogP) is 4.10. The van der Waals surface area contributed by atoms with Gasteiger partial charge in [-0.25, -0.2) is 9.97 Å². The Hall–Kier alpha value is -2.60. The van der Waals surface area contributed by atoms with Crippen molar-refractivity contribution in [2.45, 2.75) is 26.7 Å². The van der Waals surface area contributed by atoms with Gasteiger partial charge in [0.25, 0.3) is 5.91 Å². The van der Waals surface area contributed by atoms with E-state index in [0.29, 0.717) is 22.1 Å². The maximum Gasteiger partial charge on any atom is 0.276 e. The minimum atomic E-state index is -0.316. The van der Waals surface area contributed by atoms with E-state index < -0.39 is 0 Å². The number of hydrogen-bond donors (Lipinski definition) is 1. The van der Waals surface area contributed by atoms with Crippen LogP contribution in [0.15, 0.2) is 36.4 Å². The van der Waals surface area contributed by atoms with Crippen molar-refractivity contribution in [3.63, 3.8) is 0 Å². The van der Waals surface area contributed by atoms with Crippen LogP contribution in [-0.2, 0) is 6.42 Å². The zero-order valence-electron chi connectivity index (χ0n) is 14.0. The summed E-state index contributed by atoms with van der Waals surface area (Å²) >= 11 is 1.25. The van der Waals surface area contributed by atoms with E-state index in [1.54, 1.807) is 6.07 Å². The fraction of sp³-hybridized carbons (Fsp3) is 0.263. The molecule has 5 nitrogen and oxygen atoms in total. The Morgan fingerprint density at radius 1 is 1.12 bits per heavy atom. The molecule has 2 heterocycles. The molecule has 25 heavy (non-hydrogen) atoms. The predicted molar refractivity (Wildman–Crippen MR) is 98.2 cm³/mol. The van der Waals surface area contributed by atoms with E-state index in [9.17, 15) is 9.59 Å². The number of para-hydroxylation sites is 1. The van der Waals surface area contributed by atoms with Gasteiger partial charge in [0.2, 0.25) is 0 Å². The number of hydrogen-bond acceptors (Lipinski definition) is 5. The van der Waals surface area contributed by atoms with Crippen molar-refractivity contribution in [2.24, 2.45) is 5.41 Å². The number of aromatic nitrogens is 2. The quantitative estimate of drug-likeness (QED) is 0.754. The van der Waals surface area contributed by atoms with Crippen LogP contribution in [0.4, 0.5) is 5.13 Å². The highest BCUT2D eigenvalue weighted by Gasteiger charge is 2.34. The molecule has 126 valence electrons. The number of nitrogens with zero attached hydrogens (tertiary/aromatic N) is 2. The molecule has 1 amide bonds. The fourth-order valence-corrected chi connectivity index (χ4v) is 4.04. The Bertz CT molecular complexity index is 1010. The highest BCUT2D eigenvalue weighted by molar-refractivity contribution is 7.17. The lowest BCUT2D eigenvalue weighted by Crippen LogP contribution is -2.26. The zero-order chi connectivity index (χ0) is 17.6. The molecule has 0 fully saturated rings. The van der Waals surface area contributed by atoms with Crippen LogP contribution in [-0.4, -0.2) is 21.7 Å². The summed E-state index contributed by atoms with van der Waals surface area (Å²) in [5.41, 5.74) is 1.80. The summed E-state index contributed by atoms with van der Waals surface area (Å²) in [6.45, 7) is 4.12. The second kappa shape index (κ2) is 5.74. The van der Waals surface area contributed by atoms with Crippen LogP contribution in [0.25, 0.3) is 10.9 Å². The van der Waals surface area contributed by atoms with Gasteiger partial charge in [0, 0.05) is 11.8 Å². The molecule has 3 aromatic rings. The molecule has 1 aliphatic carbocycles. The summed E-state index contributed by atoms with van der Waals surface area (Å²) < 4.78 is 0. The molecule has 6 heteroatoms. The van der Waals surface area contributed by atoms with Crippen LogP contribution in [0.1, 0.15) is 46.1 Å². The Morgan fingerprint density at radius 3 is 2.76 bits per heavy atom. The number of carbonyl (C=O) groups is 2. The van der Waals surface area contributed by atoms with Gasteiger partial charge in [-0.1, -0.05) is 49.4 Å². The first-order valence-electron chi connectivity index (χ1n) is 8.11. The number of benzene rings is 1. The number of anilines is 1. The van der Waals surface area contributed by atoms with Gasteiger partial charge < -0.3 is 0 Å². The molecule has 1 aromatic carbocycles. The summed E-state index contributed by atoms with van der Waals surface area (Å²) in [7, 11) is 0. The molecular weight excluding hydrogens is 334 g/mol. The van der Waals surface area contributed by atoms with E-state index in [1.807, 2.05) is 30.3 Å². The van der Waals surface area contributed by atoms with Gasteiger partial charge in [-0.2, -0.15) is 0 Å². The molecule has 0 aliphatic heterocycles. The normalized spacial score (nSPS) is 15.8. The number of carbonyl (C=O) groups excluding carboxylic acids is 2. The van der Waals surface area contributed by atoms with Gasteiger partial charge in [0.05, 0.1) is 16.1 Å². The lowest BCUT2D eigenvalue weighted by atomic mass is 9.78. The van der Waals surface area contributed by atoms with Crippen LogP contribution in [0.2, 0.25) is 0 Å². The van der Waals surface area contributed by atoms with Crippen molar-refractivity contribution in [1.82, 2.24) is 9.97 Å². The number of pyridine rings is 1. The molecule has 4 rings (SSSR count). The van der Waals surface area contributed by atoms with Gasteiger partial charge >= 0.3 is 0 Å². The zero-order valence-corrected chi connectivity index (χ0v) is 14.8. The lowest BCUT2D eigenvalue weighted by molar-refractivity contribution is 0.0915. The fourth-order valence-electron chi connectivity index (χ4n) is 3.13. The summed E-state index contributed by atoms with van der Waals surface area (Å²) in [6, 6.07) is 11.2. The minimum Gasteiger partial charge on any atom is -0.296 e. The number of nitrogens with one attached hydrogen (secondary N) is 1. The number of amides is 1. The standard InChI is InChI=1S/C19H17N3O2S/c1-19(2)9-14-16(15(23)10-19)25-18(21-14)22-17(24)13-8-7-11-5-3-4-6-12(11)20-13/h3-8H,9-10H2,1-2H3,(H,21,22,24). The molecule has 1 aliphatic rings. The van der Waals surface area contributed by atoms with Crippen LogP contribution >= 0.6 is 11.3 Å². The minimum absolute atomic E-state index is 0.0840. The number of thiazole rings is 1. The molecule has 0 saturated carbocycles. The Kier molecular flexibility index (Phi) is 3.65. The van der Waals surface area contributed by atoms with E-state index >= 15 is 0 Å². The van der Waals surface area contributed by atoms with Crippen LogP contribution in [0, 0.1) is 5.41 Å². The van der Waals surface area contributed by atoms with E-state index in [4.69, 9.17) is 0 Å². The molecule has 0 bridgehead atoms. The lowest BCUT2D eigenvalue weighted by Gasteiger charge is -2.26. The molecule has 2 aromatic heterocycles. The first kappa shape index (κ1) is 15.9. The molecule has 0 atom stereocenters. The van der Waals surface area contributed by atoms with Crippen molar-refractivity contribution < 1.29 is 9.59 Å². The SMILES string of the molecule is CC1(C)CC(=O)c2sc(NC(=O)c3ccc4ccccc4n3)nc2C1. The van der Waals surface area contributed by atoms with Crippen molar-refractivity contribution in [1.29, 1.82) is 0 Å². The summed E-state index contributed by atoms with van der Waals surface area (Å²) in [4.78, 5) is 34.3. The number of fused-ring (bicyclic) bond motifs is 2. The second-order valence-corrected chi connectivity index (χ2v) is 8.08. The van der Waals surface area contributed by atoms with Crippen molar-refractivity contribution >= 4 is 39.1 Å². The maximum absolute atomic E-state index is 12.5. The topological polar surface area (TPSA) is 72.0 Å². The van der Waals surface area contributed by atoms with Gasteiger partial charge in [-0.3, -0.25) is 14.9 Å². The number of ketones is 1. The second-order valence-electron chi connectivity index (χ2n) is 7.08. The first-order chi connectivity index (χ1) is 11.9. The molecule has 0 spiro atoms. The molecule has 1 N–H and O–H groups in total. The van der Waals surface area contributed by atoms with Crippen molar-refractivity contribution in [3.05, 3.63) is 52.7 Å². The summed E-state index contributed by atoms with van der Waals surface area (Å²) in [5.74, 6) is -0.211. The third-order valence-corrected chi connectivity index (χ3v) is 5.34. The van der Waals surface area contributed by atoms with Crippen LogP contribution < -0.4 is 5.32 Å². The summed E-state index contributed by atoms with van der Waals surface area (Å²) in [6.07, 6.45) is 1.26. The molecule has 0 radical (unpaired) electrons. The Labute approximate surface area is 149 Å². The largest absolute Gasteiger partial charge is 0.296 e. The first-order valence-corrected chi connectivity index (χ1v) is 8.93. The van der Waals surface area contributed by atoms with Gasteiger partial charge in [-0.05, 0) is 24.0 Å². The van der Waals surface area contributed by atoms with E-state index in [2.05, 4.69) is 29.1 Å². The molecule has 0 unspecified atom stereocenters. The van der Waals surface area contributed by atoms with Crippen molar-refractivity contribution in [2.75, 3.05) is 5.32 Å². The van der Waals surface area contributed by atoms with Crippen molar-refractivity contribution in [3.8, 4) is 0 Å². The van der Waals surface area contributed by atoms with Crippen LogP contribution in [0.5, 0.6) is 0 Å². The smallest absolute Gasteiger partial charge is 0.276 e. The monoisotopic (exact) mass is 351 g/mol. The van der Waals surface area contributed by atoms with E-state index in [0.717, 1.165) is 23.0 Å². The summed E-state index contributed by atoms with van der Waals surface area (Å²) in [5, 5.41) is 4.22. The maximum atomic E-state index is 12.5. The third kappa shape index (κ3) is 3.05. The van der Waals surface area contributed by atoms with Gasteiger partial charge in [0.1, 0.15) is 5.69 Å². The average molecular weight is 351 g/mol. The van der Waals surface area contributed by atoms with E-state index in [1.165, 1.54) is 11.3 Å². The number of Topliss-reactive ketones (excluding diaryl/α,β-unsaturated/α-hetero) is 1. The average Bonchev–Trinajstić information content (AvgIpc) is 2.95. The number of rotatable bonds is 2. The molecular formula is C19H17N3O2S. The Balaban J connectivity index is 1.60. The van der Waals surface area contributed by atoms with Crippen LogP contribution in [0.3, 0.4) is 0 Å². The highest BCUT2D eigenvalue weighted by Crippen LogP contribution is 2.38. The highest BCUT2D eigenvalue weighted by atomic mass is 32.1. The van der Waals surface area contributed by atoms with Gasteiger partial charge in [0.15, 0.2) is 10.9 Å². The third-order valence-electron chi connectivity index (χ3n) is 4.29.